The van der Waals surface area contributed by atoms with Crippen molar-refractivity contribution in [1.29, 1.82) is 0 Å². The van der Waals surface area contributed by atoms with Gasteiger partial charge in [-0.15, -0.1) is 10.2 Å². The lowest BCUT2D eigenvalue weighted by Crippen LogP contribution is -2.23. The Kier molecular flexibility index (Phi) is 4.19. The van der Waals surface area contributed by atoms with E-state index in [1.165, 1.54) is 18.9 Å². The highest BCUT2D eigenvalue weighted by Crippen LogP contribution is 2.28. The summed E-state index contributed by atoms with van der Waals surface area (Å²) in [4.78, 5) is 26.7. The Hall–Kier alpha value is -1.83. The van der Waals surface area contributed by atoms with E-state index in [0.29, 0.717) is 17.4 Å². The van der Waals surface area contributed by atoms with E-state index in [2.05, 4.69) is 15.2 Å². The van der Waals surface area contributed by atoms with Crippen LogP contribution >= 0.6 is 11.8 Å². The van der Waals surface area contributed by atoms with Crippen molar-refractivity contribution in [3.05, 3.63) is 21.6 Å². The maximum atomic E-state index is 12.1. The molecular formula is C14H18N4O3S. The van der Waals surface area contributed by atoms with E-state index in [9.17, 15) is 9.59 Å². The number of nitrogens with zero attached hydrogens (tertiary/aromatic N) is 3. The molecule has 0 aromatic carbocycles. The summed E-state index contributed by atoms with van der Waals surface area (Å²) in [7, 11) is 1.38. The molecule has 118 valence electrons. The van der Waals surface area contributed by atoms with Gasteiger partial charge in [-0.2, -0.15) is 0 Å². The minimum atomic E-state index is -0.330. The monoisotopic (exact) mass is 322 g/mol. The van der Waals surface area contributed by atoms with Gasteiger partial charge in [-0.05, 0) is 32.1 Å². The third-order valence-electron chi connectivity index (χ3n) is 3.92. The van der Waals surface area contributed by atoms with Crippen LogP contribution in [0.3, 0.4) is 0 Å². The van der Waals surface area contributed by atoms with Crippen LogP contribution in [0.15, 0.2) is 9.95 Å². The Morgan fingerprint density at radius 3 is 2.91 bits per heavy atom. The molecule has 1 unspecified atom stereocenters. The summed E-state index contributed by atoms with van der Waals surface area (Å²) in [5.41, 5.74) is 1.70. The molecule has 0 spiro atoms. The zero-order valence-corrected chi connectivity index (χ0v) is 13.4. The van der Waals surface area contributed by atoms with E-state index >= 15 is 0 Å². The summed E-state index contributed by atoms with van der Waals surface area (Å²) in [5.74, 6) is 0.162. The second-order valence-electron chi connectivity index (χ2n) is 5.27. The first-order valence-electron chi connectivity index (χ1n) is 7.39. The van der Waals surface area contributed by atoms with Crippen molar-refractivity contribution in [2.24, 2.45) is 0 Å². The summed E-state index contributed by atoms with van der Waals surface area (Å²) in [6, 6.07) is 0. The minimum Gasteiger partial charge on any atom is -0.468 e. The number of nitrogens with one attached hydrogen (secondary N) is 1. The zero-order chi connectivity index (χ0) is 15.7. The number of aromatic nitrogens is 4. The molecule has 3 rings (SSSR count). The average molecular weight is 322 g/mol. The van der Waals surface area contributed by atoms with E-state index in [0.717, 1.165) is 36.9 Å². The SMILES string of the molecule is CCC(Sc1nnc2[nH]c(=O)c3c(n12)CCCC3)C(=O)OC. The largest absolute Gasteiger partial charge is 0.468 e. The van der Waals surface area contributed by atoms with Gasteiger partial charge < -0.3 is 4.74 Å². The highest BCUT2D eigenvalue weighted by molar-refractivity contribution is 8.00. The normalized spacial score (nSPS) is 15.5. The number of hydrogen-bond donors (Lipinski definition) is 1. The molecule has 0 aliphatic heterocycles. The predicted molar refractivity (Wildman–Crippen MR) is 82.2 cm³/mol. The van der Waals surface area contributed by atoms with Gasteiger partial charge in [-0.3, -0.25) is 19.0 Å². The number of esters is 1. The van der Waals surface area contributed by atoms with Gasteiger partial charge >= 0.3 is 5.97 Å². The van der Waals surface area contributed by atoms with Crippen LogP contribution in [-0.2, 0) is 22.4 Å². The quantitative estimate of drug-likeness (QED) is 0.675. The van der Waals surface area contributed by atoms with Gasteiger partial charge in [0.25, 0.3) is 5.56 Å². The van der Waals surface area contributed by atoms with Crippen LogP contribution in [0.5, 0.6) is 0 Å². The second kappa shape index (κ2) is 6.12. The topological polar surface area (TPSA) is 89.4 Å². The molecule has 1 aliphatic carbocycles. The Morgan fingerprint density at radius 2 is 2.18 bits per heavy atom. The fourth-order valence-electron chi connectivity index (χ4n) is 2.79. The third kappa shape index (κ3) is 2.51. The van der Waals surface area contributed by atoms with Crippen molar-refractivity contribution < 1.29 is 9.53 Å². The molecule has 22 heavy (non-hydrogen) atoms. The number of hydrogen-bond acceptors (Lipinski definition) is 6. The number of methoxy groups -OCH3 is 1. The maximum Gasteiger partial charge on any atom is 0.319 e. The molecule has 7 nitrogen and oxygen atoms in total. The number of ether oxygens (including phenoxy) is 1. The highest BCUT2D eigenvalue weighted by atomic mass is 32.2. The second-order valence-corrected chi connectivity index (χ2v) is 6.44. The summed E-state index contributed by atoms with van der Waals surface area (Å²) >= 11 is 1.33. The third-order valence-corrected chi connectivity index (χ3v) is 5.21. The lowest BCUT2D eigenvalue weighted by atomic mass is 9.97. The number of carbonyl (C=O) groups excluding carboxylic acids is 1. The number of H-pyrrole nitrogens is 1. The number of fused-ring (bicyclic) bond motifs is 3. The van der Waals surface area contributed by atoms with Gasteiger partial charge in [0.2, 0.25) is 5.78 Å². The molecule has 1 aliphatic rings. The first-order chi connectivity index (χ1) is 10.7. The zero-order valence-electron chi connectivity index (χ0n) is 12.6. The smallest absolute Gasteiger partial charge is 0.319 e. The Balaban J connectivity index is 2.08. The molecule has 0 bridgehead atoms. The number of aromatic amines is 1. The summed E-state index contributed by atoms with van der Waals surface area (Å²) in [5, 5.41) is 8.49. The van der Waals surface area contributed by atoms with Crippen molar-refractivity contribution in [1.82, 2.24) is 19.6 Å². The summed E-state index contributed by atoms with van der Waals surface area (Å²) < 4.78 is 6.70. The van der Waals surface area contributed by atoms with Gasteiger partial charge in [0.05, 0.1) is 7.11 Å². The average Bonchev–Trinajstić information content (AvgIpc) is 2.95. The minimum absolute atomic E-state index is 0.0776. The number of rotatable bonds is 4. The fourth-order valence-corrected chi connectivity index (χ4v) is 3.79. The standard InChI is InChI=1S/C14H18N4O3S/c1-3-10(12(20)21-2)22-14-17-16-13-15-11(19)8-6-4-5-7-9(8)18(13)14/h10H,3-7H2,1-2H3,(H,15,16,19). The van der Waals surface area contributed by atoms with E-state index in [-0.39, 0.29) is 16.8 Å². The van der Waals surface area contributed by atoms with Gasteiger partial charge in [0.15, 0.2) is 5.16 Å². The molecule has 2 aromatic rings. The van der Waals surface area contributed by atoms with Gasteiger partial charge in [-0.25, -0.2) is 0 Å². The van der Waals surface area contributed by atoms with Crippen molar-refractivity contribution >= 4 is 23.5 Å². The molecule has 0 amide bonds. The molecule has 0 saturated heterocycles. The van der Waals surface area contributed by atoms with Gasteiger partial charge in [0, 0.05) is 11.3 Å². The Morgan fingerprint density at radius 1 is 1.41 bits per heavy atom. The lowest BCUT2D eigenvalue weighted by Gasteiger charge is -2.17. The molecule has 0 fully saturated rings. The first kappa shape index (κ1) is 15.1. The fraction of sp³-hybridized carbons (Fsp3) is 0.571. The van der Waals surface area contributed by atoms with Crippen molar-refractivity contribution in [3.8, 4) is 0 Å². The Labute approximate surface area is 131 Å². The highest BCUT2D eigenvalue weighted by Gasteiger charge is 2.25. The van der Waals surface area contributed by atoms with Crippen molar-refractivity contribution in [3.63, 3.8) is 0 Å². The maximum absolute atomic E-state index is 12.1. The van der Waals surface area contributed by atoms with E-state index in [1.54, 1.807) is 0 Å². The number of aryl methyl sites for hydroxylation is 1. The molecule has 2 heterocycles. The summed E-state index contributed by atoms with van der Waals surface area (Å²) in [6.45, 7) is 1.93. The molecule has 1 N–H and O–H groups in total. The van der Waals surface area contributed by atoms with Gasteiger partial charge in [-0.1, -0.05) is 18.7 Å². The lowest BCUT2D eigenvalue weighted by molar-refractivity contribution is -0.140. The first-order valence-corrected chi connectivity index (χ1v) is 8.27. The van der Waals surface area contributed by atoms with Crippen LogP contribution in [0.25, 0.3) is 5.78 Å². The molecular weight excluding hydrogens is 304 g/mol. The molecule has 2 aromatic heterocycles. The van der Waals surface area contributed by atoms with E-state index in [1.807, 2.05) is 11.3 Å². The van der Waals surface area contributed by atoms with Crippen LogP contribution in [0.2, 0.25) is 0 Å². The van der Waals surface area contributed by atoms with Crippen LogP contribution in [0.4, 0.5) is 0 Å². The van der Waals surface area contributed by atoms with Crippen LogP contribution in [0, 0.1) is 0 Å². The van der Waals surface area contributed by atoms with Crippen LogP contribution in [0.1, 0.15) is 37.4 Å². The molecule has 8 heteroatoms. The van der Waals surface area contributed by atoms with E-state index < -0.39 is 0 Å². The molecule has 1 atom stereocenters. The van der Waals surface area contributed by atoms with Crippen molar-refractivity contribution in [2.45, 2.75) is 49.4 Å². The Bertz CT molecular complexity index is 767. The van der Waals surface area contributed by atoms with Crippen molar-refractivity contribution in [2.75, 3.05) is 7.11 Å². The molecule has 0 radical (unpaired) electrons. The van der Waals surface area contributed by atoms with Crippen LogP contribution in [-0.4, -0.2) is 37.9 Å². The molecule has 0 saturated carbocycles. The number of thioether (sulfide) groups is 1. The predicted octanol–water partition coefficient (Wildman–Crippen LogP) is 1.34. The summed E-state index contributed by atoms with van der Waals surface area (Å²) in [6.07, 6.45) is 4.30. The van der Waals surface area contributed by atoms with E-state index in [4.69, 9.17) is 4.74 Å². The van der Waals surface area contributed by atoms with Crippen LogP contribution < -0.4 is 5.56 Å². The van der Waals surface area contributed by atoms with Gasteiger partial charge in [0.1, 0.15) is 5.25 Å². The number of carbonyl (C=O) groups is 1.